The molecule has 0 atom stereocenters. The topological polar surface area (TPSA) is 104 Å². The van der Waals surface area contributed by atoms with Crippen molar-refractivity contribution in [2.24, 2.45) is 0 Å². The lowest BCUT2D eigenvalue weighted by Crippen LogP contribution is -2.46. The van der Waals surface area contributed by atoms with Gasteiger partial charge in [-0.3, -0.25) is 10.1 Å². The van der Waals surface area contributed by atoms with Gasteiger partial charge in [0.1, 0.15) is 0 Å². The lowest BCUT2D eigenvalue weighted by atomic mass is 10.0. The first-order chi connectivity index (χ1) is 9.79. The molecule has 0 unspecified atom stereocenters. The number of amides is 2. The van der Waals surface area contributed by atoms with E-state index in [1.807, 2.05) is 6.92 Å². The Morgan fingerprint density at radius 1 is 1.43 bits per heavy atom. The maximum Gasteiger partial charge on any atom is 0.319 e. The maximum atomic E-state index is 11.9. The van der Waals surface area contributed by atoms with Crippen LogP contribution in [0.2, 0.25) is 0 Å². The van der Waals surface area contributed by atoms with Gasteiger partial charge in [-0.1, -0.05) is 13.0 Å². The Hall–Kier alpha value is -2.15. The van der Waals surface area contributed by atoms with Crippen LogP contribution in [0.4, 0.5) is 16.2 Å². The van der Waals surface area contributed by atoms with E-state index in [4.69, 9.17) is 5.11 Å². The number of nitrogens with one attached hydrogen (secondary N) is 2. The van der Waals surface area contributed by atoms with Gasteiger partial charge in [-0.05, 0) is 32.8 Å². The number of carbonyl (C=O) groups excluding carboxylic acids is 1. The quantitative estimate of drug-likeness (QED) is 0.553. The molecule has 0 saturated carbocycles. The predicted octanol–water partition coefficient (Wildman–Crippen LogP) is 2.44. The molecule has 116 valence electrons. The Kier molecular flexibility index (Phi) is 5.66. The molecule has 1 aromatic rings. The number of rotatable bonds is 6. The molecule has 7 heteroatoms. The highest BCUT2D eigenvalue weighted by molar-refractivity contribution is 5.90. The molecule has 7 nitrogen and oxygen atoms in total. The Bertz CT molecular complexity index is 529. The van der Waals surface area contributed by atoms with Gasteiger partial charge in [0, 0.05) is 29.5 Å². The molecule has 2 amide bonds. The number of urea groups is 1. The molecule has 0 aliphatic carbocycles. The predicted molar refractivity (Wildman–Crippen MR) is 80.4 cm³/mol. The molecule has 0 heterocycles. The van der Waals surface area contributed by atoms with Crippen molar-refractivity contribution in [3.63, 3.8) is 0 Å². The summed E-state index contributed by atoms with van der Waals surface area (Å²) in [6.07, 6.45) is 0.960. The molecule has 0 fully saturated rings. The van der Waals surface area contributed by atoms with Crippen LogP contribution in [-0.2, 0) is 6.42 Å². The standard InChI is InChI=1S/C14H21N3O4/c1-4-10-5-6-11(9-12(10)17(20)21)15-13(19)16-14(2,3)7-8-18/h5-6,9,18H,4,7-8H2,1-3H3,(H2,15,16,19). The number of aliphatic hydroxyl groups is 1. The van der Waals surface area contributed by atoms with Crippen LogP contribution in [0.25, 0.3) is 0 Å². The lowest BCUT2D eigenvalue weighted by molar-refractivity contribution is -0.385. The third kappa shape index (κ3) is 5.03. The van der Waals surface area contributed by atoms with Crippen LogP contribution in [0.1, 0.15) is 32.8 Å². The van der Waals surface area contributed by atoms with Crippen molar-refractivity contribution in [2.45, 2.75) is 39.2 Å². The van der Waals surface area contributed by atoms with Crippen molar-refractivity contribution in [3.8, 4) is 0 Å². The van der Waals surface area contributed by atoms with Gasteiger partial charge in [-0.25, -0.2) is 4.79 Å². The normalized spacial score (nSPS) is 11.0. The minimum atomic E-state index is -0.561. The van der Waals surface area contributed by atoms with Crippen LogP contribution < -0.4 is 10.6 Å². The Balaban J connectivity index is 2.82. The van der Waals surface area contributed by atoms with E-state index in [0.29, 0.717) is 24.1 Å². The second kappa shape index (κ2) is 7.03. The molecular weight excluding hydrogens is 274 g/mol. The van der Waals surface area contributed by atoms with Crippen LogP contribution in [0, 0.1) is 10.1 Å². The fraction of sp³-hybridized carbons (Fsp3) is 0.500. The monoisotopic (exact) mass is 295 g/mol. The minimum Gasteiger partial charge on any atom is -0.396 e. The van der Waals surface area contributed by atoms with Gasteiger partial charge in [0.15, 0.2) is 0 Å². The second-order valence-electron chi connectivity index (χ2n) is 5.39. The van der Waals surface area contributed by atoms with Gasteiger partial charge in [-0.2, -0.15) is 0 Å². The first-order valence-electron chi connectivity index (χ1n) is 6.76. The number of aryl methyl sites for hydroxylation is 1. The van der Waals surface area contributed by atoms with Crippen molar-refractivity contribution < 1.29 is 14.8 Å². The Morgan fingerprint density at radius 2 is 2.10 bits per heavy atom. The molecule has 3 N–H and O–H groups in total. The molecule has 0 radical (unpaired) electrons. The molecule has 0 aliphatic rings. The highest BCUT2D eigenvalue weighted by atomic mass is 16.6. The first kappa shape index (κ1) is 16.9. The van der Waals surface area contributed by atoms with Crippen LogP contribution in [-0.4, -0.2) is 28.2 Å². The van der Waals surface area contributed by atoms with Crippen LogP contribution in [0.5, 0.6) is 0 Å². The highest BCUT2D eigenvalue weighted by Gasteiger charge is 2.20. The summed E-state index contributed by atoms with van der Waals surface area (Å²) in [7, 11) is 0. The van der Waals surface area contributed by atoms with E-state index in [-0.39, 0.29) is 12.3 Å². The third-order valence-corrected chi connectivity index (χ3v) is 3.11. The first-order valence-corrected chi connectivity index (χ1v) is 6.76. The molecule has 0 bridgehead atoms. The molecule has 1 rings (SSSR count). The zero-order valence-corrected chi connectivity index (χ0v) is 12.5. The molecule has 21 heavy (non-hydrogen) atoms. The van der Waals surface area contributed by atoms with Crippen molar-refractivity contribution in [1.82, 2.24) is 5.32 Å². The average Bonchev–Trinajstić information content (AvgIpc) is 2.37. The third-order valence-electron chi connectivity index (χ3n) is 3.11. The van der Waals surface area contributed by atoms with Gasteiger partial charge in [0.2, 0.25) is 0 Å². The average molecular weight is 295 g/mol. The van der Waals surface area contributed by atoms with E-state index in [9.17, 15) is 14.9 Å². The van der Waals surface area contributed by atoms with E-state index in [1.54, 1.807) is 26.0 Å². The van der Waals surface area contributed by atoms with E-state index < -0.39 is 16.5 Å². The number of benzene rings is 1. The number of nitrogens with zero attached hydrogens (tertiary/aromatic N) is 1. The molecule has 0 aromatic heterocycles. The Labute approximate surface area is 123 Å². The number of nitro benzene ring substituents is 1. The van der Waals surface area contributed by atoms with E-state index >= 15 is 0 Å². The summed E-state index contributed by atoms with van der Waals surface area (Å²) in [6, 6.07) is 4.14. The lowest BCUT2D eigenvalue weighted by Gasteiger charge is -2.25. The summed E-state index contributed by atoms with van der Waals surface area (Å²) in [5.41, 5.74) is 0.404. The number of hydrogen-bond donors (Lipinski definition) is 3. The second-order valence-corrected chi connectivity index (χ2v) is 5.39. The van der Waals surface area contributed by atoms with E-state index in [2.05, 4.69) is 10.6 Å². The molecule has 1 aromatic carbocycles. The van der Waals surface area contributed by atoms with Crippen molar-refractivity contribution in [3.05, 3.63) is 33.9 Å². The van der Waals surface area contributed by atoms with Crippen molar-refractivity contribution in [2.75, 3.05) is 11.9 Å². The van der Waals surface area contributed by atoms with E-state index in [1.165, 1.54) is 6.07 Å². The zero-order chi connectivity index (χ0) is 16.0. The fourth-order valence-electron chi connectivity index (χ4n) is 1.92. The molecular formula is C14H21N3O4. The van der Waals surface area contributed by atoms with Gasteiger partial charge in [0.25, 0.3) is 5.69 Å². The number of aliphatic hydroxyl groups excluding tert-OH is 1. The van der Waals surface area contributed by atoms with Crippen LogP contribution in [0.3, 0.4) is 0 Å². The zero-order valence-electron chi connectivity index (χ0n) is 12.5. The summed E-state index contributed by atoms with van der Waals surface area (Å²) in [5, 5.41) is 25.2. The summed E-state index contributed by atoms with van der Waals surface area (Å²) in [4.78, 5) is 22.4. The Morgan fingerprint density at radius 3 is 2.62 bits per heavy atom. The van der Waals surface area contributed by atoms with Crippen LogP contribution in [0.15, 0.2) is 18.2 Å². The molecule has 0 aliphatic heterocycles. The summed E-state index contributed by atoms with van der Waals surface area (Å²) < 4.78 is 0. The number of carbonyl (C=O) groups is 1. The van der Waals surface area contributed by atoms with Gasteiger partial charge >= 0.3 is 6.03 Å². The summed E-state index contributed by atoms with van der Waals surface area (Å²) >= 11 is 0. The largest absolute Gasteiger partial charge is 0.396 e. The van der Waals surface area contributed by atoms with Gasteiger partial charge < -0.3 is 15.7 Å². The number of nitro groups is 1. The summed E-state index contributed by atoms with van der Waals surface area (Å²) in [5.74, 6) is 0. The minimum absolute atomic E-state index is 0.00933. The number of hydrogen-bond acceptors (Lipinski definition) is 4. The molecule has 0 spiro atoms. The SMILES string of the molecule is CCc1ccc(NC(=O)NC(C)(C)CCO)cc1[N+](=O)[O-]. The number of anilines is 1. The van der Waals surface area contributed by atoms with E-state index in [0.717, 1.165) is 0 Å². The van der Waals surface area contributed by atoms with Crippen molar-refractivity contribution >= 4 is 17.4 Å². The van der Waals surface area contributed by atoms with Crippen LogP contribution >= 0.6 is 0 Å². The van der Waals surface area contributed by atoms with Gasteiger partial charge in [0.05, 0.1) is 4.92 Å². The molecule has 0 saturated heterocycles. The van der Waals surface area contributed by atoms with Gasteiger partial charge in [-0.15, -0.1) is 0 Å². The smallest absolute Gasteiger partial charge is 0.319 e. The maximum absolute atomic E-state index is 11.9. The van der Waals surface area contributed by atoms with Crippen molar-refractivity contribution in [1.29, 1.82) is 0 Å². The fourth-order valence-corrected chi connectivity index (χ4v) is 1.92. The summed E-state index contributed by atoms with van der Waals surface area (Å²) in [6.45, 7) is 5.36. The highest BCUT2D eigenvalue weighted by Crippen LogP contribution is 2.23.